The molecule has 0 radical (unpaired) electrons. The van der Waals surface area contributed by atoms with Gasteiger partial charge in [0.1, 0.15) is 0 Å². The number of hydrogen-bond donors (Lipinski definition) is 4. The van der Waals surface area contributed by atoms with Gasteiger partial charge >= 0.3 is 12.1 Å². The highest BCUT2D eigenvalue weighted by atomic mass is 19.4. The molecule has 0 bridgehead atoms. The van der Waals surface area contributed by atoms with Gasteiger partial charge in [-0.2, -0.15) is 13.2 Å². The maximum absolute atomic E-state index is 11.4. The molecule has 2 aliphatic rings. The Labute approximate surface area is 208 Å². The van der Waals surface area contributed by atoms with Crippen molar-refractivity contribution in [2.24, 2.45) is 5.92 Å². The summed E-state index contributed by atoms with van der Waals surface area (Å²) in [6, 6.07) is 19.0. The highest BCUT2D eigenvalue weighted by molar-refractivity contribution is 5.93. The van der Waals surface area contributed by atoms with Gasteiger partial charge in [-0.05, 0) is 74.5 Å². The van der Waals surface area contributed by atoms with Crippen LogP contribution < -0.4 is 10.8 Å². The van der Waals surface area contributed by atoms with Crippen molar-refractivity contribution in [3.05, 3.63) is 71.3 Å². The lowest BCUT2D eigenvalue weighted by Crippen LogP contribution is -2.38. The quantitative estimate of drug-likeness (QED) is 0.320. The predicted octanol–water partition coefficient (Wildman–Crippen LogP) is 3.84. The number of likely N-dealkylation sites (tertiary alicyclic amines) is 1. The number of hydrogen-bond acceptors (Lipinski definition) is 5. The second kappa shape index (κ2) is 12.8. The number of halogens is 3. The van der Waals surface area contributed by atoms with Crippen LogP contribution in [-0.4, -0.2) is 65.5 Å². The lowest BCUT2D eigenvalue weighted by Gasteiger charge is -2.32. The number of rotatable bonds is 8. The molecular formula is C26H32F3N3O4. The van der Waals surface area contributed by atoms with Crippen LogP contribution in [0.1, 0.15) is 46.7 Å². The summed E-state index contributed by atoms with van der Waals surface area (Å²) in [4.78, 5) is 22.8. The van der Waals surface area contributed by atoms with Crippen LogP contribution in [0.5, 0.6) is 0 Å². The van der Waals surface area contributed by atoms with Crippen LogP contribution in [0.25, 0.3) is 0 Å². The van der Waals surface area contributed by atoms with E-state index in [9.17, 15) is 18.0 Å². The number of nitrogens with one attached hydrogen (secondary N) is 2. The summed E-state index contributed by atoms with van der Waals surface area (Å²) in [5, 5.41) is 19.6. The molecule has 0 spiro atoms. The molecule has 2 unspecified atom stereocenters. The Hall–Kier alpha value is -2.95. The number of alkyl halides is 3. The molecule has 2 atom stereocenters. The number of carbonyl (C=O) groups excluding carboxylic acids is 1. The van der Waals surface area contributed by atoms with Crippen molar-refractivity contribution >= 4 is 11.9 Å². The zero-order valence-corrected chi connectivity index (χ0v) is 19.9. The first kappa shape index (κ1) is 27.6. The number of carbonyl (C=O) groups is 2. The van der Waals surface area contributed by atoms with E-state index < -0.39 is 18.1 Å². The number of carboxylic acid groups (broad SMARTS) is 1. The molecule has 1 amide bonds. The Morgan fingerprint density at radius 2 is 1.61 bits per heavy atom. The van der Waals surface area contributed by atoms with E-state index in [2.05, 4.69) is 40.5 Å². The van der Waals surface area contributed by atoms with Gasteiger partial charge in [-0.25, -0.2) is 10.3 Å². The number of carboxylic acids is 1. The first-order chi connectivity index (χ1) is 17.2. The van der Waals surface area contributed by atoms with Crippen molar-refractivity contribution in [3.63, 3.8) is 0 Å². The van der Waals surface area contributed by atoms with Gasteiger partial charge in [0.05, 0.1) is 0 Å². The Morgan fingerprint density at radius 1 is 1.00 bits per heavy atom. The summed E-state index contributed by atoms with van der Waals surface area (Å²) < 4.78 is 31.7. The van der Waals surface area contributed by atoms with Crippen molar-refractivity contribution in [3.8, 4) is 0 Å². The average Bonchev–Trinajstić information content (AvgIpc) is 3.67. The maximum atomic E-state index is 11.4. The summed E-state index contributed by atoms with van der Waals surface area (Å²) in [7, 11) is 0. The molecule has 10 heteroatoms. The van der Waals surface area contributed by atoms with Gasteiger partial charge in [-0.1, -0.05) is 42.5 Å². The van der Waals surface area contributed by atoms with E-state index in [1.165, 1.54) is 43.5 Å². The second-order valence-corrected chi connectivity index (χ2v) is 9.24. The van der Waals surface area contributed by atoms with E-state index >= 15 is 0 Å². The molecule has 4 N–H and O–H groups in total. The van der Waals surface area contributed by atoms with Crippen LogP contribution in [0, 0.1) is 5.92 Å². The highest BCUT2D eigenvalue weighted by Gasteiger charge is 2.38. The zero-order chi connectivity index (χ0) is 26.1. The molecule has 0 aromatic heterocycles. The fraction of sp³-hybridized carbons (Fsp3) is 0.462. The van der Waals surface area contributed by atoms with Crippen LogP contribution in [0.4, 0.5) is 13.2 Å². The van der Waals surface area contributed by atoms with Gasteiger partial charge in [0.15, 0.2) is 0 Å². The van der Waals surface area contributed by atoms with Crippen LogP contribution in [0.3, 0.4) is 0 Å². The van der Waals surface area contributed by atoms with E-state index in [0.29, 0.717) is 17.5 Å². The van der Waals surface area contributed by atoms with E-state index in [-0.39, 0.29) is 0 Å². The molecular weight excluding hydrogens is 475 g/mol. The molecule has 1 aliphatic carbocycles. The van der Waals surface area contributed by atoms with Gasteiger partial charge in [0, 0.05) is 24.1 Å². The maximum Gasteiger partial charge on any atom is 0.490 e. The molecule has 2 aromatic carbocycles. The van der Waals surface area contributed by atoms with Gasteiger partial charge in [0.2, 0.25) is 0 Å². The number of benzene rings is 2. The van der Waals surface area contributed by atoms with Crippen molar-refractivity contribution in [2.45, 2.75) is 43.8 Å². The van der Waals surface area contributed by atoms with Gasteiger partial charge < -0.3 is 15.3 Å². The first-order valence-electron chi connectivity index (χ1n) is 12.0. The number of nitrogens with zero attached hydrogens (tertiary/aromatic N) is 1. The Balaban J connectivity index is 0.000000454. The molecule has 1 heterocycles. The minimum Gasteiger partial charge on any atom is -0.475 e. The molecule has 2 fully saturated rings. The third-order valence-electron chi connectivity index (χ3n) is 6.67. The summed E-state index contributed by atoms with van der Waals surface area (Å²) in [6.45, 7) is 4.55. The van der Waals surface area contributed by atoms with Gasteiger partial charge in [-0.3, -0.25) is 10.0 Å². The molecule has 2 aromatic rings. The largest absolute Gasteiger partial charge is 0.490 e. The van der Waals surface area contributed by atoms with Crippen LogP contribution in [-0.2, 0) is 11.2 Å². The summed E-state index contributed by atoms with van der Waals surface area (Å²) in [5.41, 5.74) is 4.85. The minimum atomic E-state index is -5.08. The van der Waals surface area contributed by atoms with E-state index in [1.54, 1.807) is 17.6 Å². The zero-order valence-electron chi connectivity index (χ0n) is 19.9. The number of hydroxylamine groups is 1. The average molecular weight is 508 g/mol. The van der Waals surface area contributed by atoms with E-state index in [0.717, 1.165) is 25.4 Å². The molecule has 7 nitrogen and oxygen atoms in total. The third-order valence-corrected chi connectivity index (χ3v) is 6.67. The van der Waals surface area contributed by atoms with Gasteiger partial charge in [0.25, 0.3) is 5.91 Å². The minimum absolute atomic E-state index is 0.464. The fourth-order valence-electron chi connectivity index (χ4n) is 4.40. The summed E-state index contributed by atoms with van der Waals surface area (Å²) in [6.07, 6.45) is -0.275. The number of amides is 1. The molecule has 1 saturated heterocycles. The Morgan fingerprint density at radius 3 is 2.17 bits per heavy atom. The SMILES string of the molecule is O=C(NO)c1ccc(CCN2CCC(CNC3CC3c3ccccc3)CC2)cc1.O=C(O)C(F)(F)F. The number of aliphatic carboxylic acids is 1. The fourth-order valence-corrected chi connectivity index (χ4v) is 4.40. The Kier molecular flexibility index (Phi) is 9.86. The third kappa shape index (κ3) is 8.61. The standard InChI is InChI=1S/C24H31N3O2.C2HF3O2/c28-24(26-29)21-8-6-18(7-9-21)10-13-27-14-11-19(12-15-27)17-25-23-16-22(23)20-4-2-1-3-5-20;3-2(4,5)1(6)7/h1-9,19,22-23,25,29H,10-17H2,(H,26,28);(H,6,7). The van der Waals surface area contributed by atoms with Crippen molar-refractivity contribution in [1.82, 2.24) is 15.7 Å². The Bertz CT molecular complexity index is 978. The smallest absolute Gasteiger partial charge is 0.475 e. The van der Waals surface area contributed by atoms with Gasteiger partial charge in [-0.15, -0.1) is 0 Å². The lowest BCUT2D eigenvalue weighted by atomic mass is 9.96. The summed E-state index contributed by atoms with van der Waals surface area (Å²) in [5.74, 6) is -1.72. The highest BCUT2D eigenvalue weighted by Crippen LogP contribution is 2.40. The van der Waals surface area contributed by atoms with Crippen LogP contribution in [0.2, 0.25) is 0 Å². The topological polar surface area (TPSA) is 102 Å². The lowest BCUT2D eigenvalue weighted by molar-refractivity contribution is -0.192. The van der Waals surface area contributed by atoms with Crippen LogP contribution >= 0.6 is 0 Å². The van der Waals surface area contributed by atoms with Crippen molar-refractivity contribution < 1.29 is 33.1 Å². The predicted molar refractivity (Wildman–Crippen MR) is 128 cm³/mol. The second-order valence-electron chi connectivity index (χ2n) is 9.24. The van der Waals surface area contributed by atoms with Crippen molar-refractivity contribution in [1.29, 1.82) is 0 Å². The molecule has 36 heavy (non-hydrogen) atoms. The molecule has 196 valence electrons. The first-order valence-corrected chi connectivity index (χ1v) is 12.0. The summed E-state index contributed by atoms with van der Waals surface area (Å²) >= 11 is 0. The monoisotopic (exact) mass is 507 g/mol. The van der Waals surface area contributed by atoms with E-state index in [4.69, 9.17) is 15.1 Å². The molecule has 1 aliphatic heterocycles. The normalized spacial score (nSPS) is 20.2. The van der Waals surface area contributed by atoms with Crippen molar-refractivity contribution in [2.75, 3.05) is 26.2 Å². The molecule has 1 saturated carbocycles. The van der Waals surface area contributed by atoms with E-state index in [1.807, 2.05) is 12.1 Å². The number of piperidine rings is 1. The van der Waals surface area contributed by atoms with Crippen LogP contribution in [0.15, 0.2) is 54.6 Å². The molecule has 4 rings (SSSR count).